The van der Waals surface area contributed by atoms with Gasteiger partial charge in [0, 0.05) is 4.47 Å². The van der Waals surface area contributed by atoms with E-state index in [-0.39, 0.29) is 18.4 Å². The zero-order valence-electron chi connectivity index (χ0n) is 15.7. The molecule has 2 aromatic carbocycles. The molecule has 0 saturated heterocycles. The highest BCUT2D eigenvalue weighted by molar-refractivity contribution is 9.10. The Morgan fingerprint density at radius 3 is 2.52 bits per heavy atom. The second-order valence-corrected chi connectivity index (χ2v) is 7.46. The minimum atomic E-state index is -0.681. The fourth-order valence-electron chi connectivity index (χ4n) is 2.97. The monoisotopic (exact) mass is 456 g/mol. The van der Waals surface area contributed by atoms with Gasteiger partial charge in [-0.25, -0.2) is 14.5 Å². The van der Waals surface area contributed by atoms with E-state index >= 15 is 0 Å². The van der Waals surface area contributed by atoms with Crippen molar-refractivity contribution in [3.05, 3.63) is 76.8 Å². The maximum absolute atomic E-state index is 12.6. The van der Waals surface area contributed by atoms with Crippen LogP contribution in [0, 0.1) is 0 Å². The average molecular weight is 457 g/mol. The number of nitrogens with zero attached hydrogens (tertiary/aromatic N) is 3. The highest BCUT2D eigenvalue weighted by atomic mass is 79.9. The fraction of sp³-hybridized carbons (Fsp3) is 0.200. The van der Waals surface area contributed by atoms with Gasteiger partial charge in [-0.3, -0.25) is 4.79 Å². The lowest BCUT2D eigenvalue weighted by Crippen LogP contribution is -2.37. The molecular formula is C20H21BrN6O2. The number of primary amides is 1. The van der Waals surface area contributed by atoms with Crippen LogP contribution in [0.25, 0.3) is 5.69 Å². The molecule has 3 aromatic rings. The first-order valence-electron chi connectivity index (χ1n) is 8.98. The van der Waals surface area contributed by atoms with E-state index in [9.17, 15) is 9.59 Å². The van der Waals surface area contributed by atoms with Crippen LogP contribution in [0.1, 0.15) is 36.6 Å². The number of rotatable bonds is 7. The van der Waals surface area contributed by atoms with Gasteiger partial charge in [-0.05, 0) is 42.3 Å². The lowest BCUT2D eigenvalue weighted by molar-refractivity contribution is -0.122. The molecule has 0 fully saturated rings. The van der Waals surface area contributed by atoms with E-state index in [2.05, 4.69) is 36.6 Å². The SMILES string of the molecule is C[C@@H](NC(=O)C[C@@H](NC(N)=O)c1cccc(Br)c1)c1ccc(-n2cncn2)cc1. The van der Waals surface area contributed by atoms with Gasteiger partial charge >= 0.3 is 6.03 Å². The third-order valence-electron chi connectivity index (χ3n) is 4.41. The van der Waals surface area contributed by atoms with Crippen molar-refractivity contribution in [2.45, 2.75) is 25.4 Å². The summed E-state index contributed by atoms with van der Waals surface area (Å²) in [4.78, 5) is 27.9. The second-order valence-electron chi connectivity index (χ2n) is 6.54. The first-order chi connectivity index (χ1) is 13.9. The Hall–Kier alpha value is -3.20. The van der Waals surface area contributed by atoms with Crippen LogP contribution < -0.4 is 16.4 Å². The Morgan fingerprint density at radius 2 is 1.90 bits per heavy atom. The van der Waals surface area contributed by atoms with Crippen LogP contribution in [0.4, 0.5) is 4.79 Å². The van der Waals surface area contributed by atoms with E-state index in [4.69, 9.17) is 5.73 Å². The summed E-state index contributed by atoms with van der Waals surface area (Å²) in [5.74, 6) is -0.198. The van der Waals surface area contributed by atoms with Crippen LogP contribution in [0.15, 0.2) is 65.7 Å². The van der Waals surface area contributed by atoms with Crippen LogP contribution in [0.5, 0.6) is 0 Å². The highest BCUT2D eigenvalue weighted by Crippen LogP contribution is 2.22. The minimum Gasteiger partial charge on any atom is -0.352 e. The van der Waals surface area contributed by atoms with E-state index in [1.807, 2.05) is 55.5 Å². The van der Waals surface area contributed by atoms with Gasteiger partial charge in [0.15, 0.2) is 0 Å². The number of benzene rings is 2. The van der Waals surface area contributed by atoms with E-state index in [0.29, 0.717) is 0 Å². The first-order valence-corrected chi connectivity index (χ1v) is 9.77. The average Bonchev–Trinajstić information content (AvgIpc) is 3.22. The molecule has 0 saturated carbocycles. The molecule has 1 heterocycles. The Balaban J connectivity index is 1.65. The molecule has 0 aliphatic rings. The molecule has 3 amide bonds. The van der Waals surface area contributed by atoms with Crippen molar-refractivity contribution < 1.29 is 9.59 Å². The third kappa shape index (κ3) is 5.64. The molecule has 0 aliphatic heterocycles. The van der Waals surface area contributed by atoms with Gasteiger partial charge in [-0.15, -0.1) is 0 Å². The van der Waals surface area contributed by atoms with Gasteiger partial charge in [-0.1, -0.05) is 40.2 Å². The van der Waals surface area contributed by atoms with Crippen molar-refractivity contribution in [3.63, 3.8) is 0 Å². The number of nitrogens with one attached hydrogen (secondary N) is 2. The number of urea groups is 1. The normalized spacial score (nSPS) is 12.8. The molecule has 0 unspecified atom stereocenters. The zero-order valence-corrected chi connectivity index (χ0v) is 17.3. The van der Waals surface area contributed by atoms with Crippen molar-refractivity contribution in [2.24, 2.45) is 5.73 Å². The predicted octanol–water partition coefficient (Wildman–Crippen LogP) is 3.01. The van der Waals surface area contributed by atoms with Crippen molar-refractivity contribution in [3.8, 4) is 5.69 Å². The highest BCUT2D eigenvalue weighted by Gasteiger charge is 2.19. The topological polar surface area (TPSA) is 115 Å². The number of carbonyl (C=O) groups is 2. The number of amides is 3. The van der Waals surface area contributed by atoms with E-state index in [0.717, 1.165) is 21.3 Å². The van der Waals surface area contributed by atoms with Crippen molar-refractivity contribution in [2.75, 3.05) is 0 Å². The van der Waals surface area contributed by atoms with Crippen LogP contribution >= 0.6 is 15.9 Å². The first kappa shape index (κ1) is 20.5. The van der Waals surface area contributed by atoms with Gasteiger partial charge in [0.2, 0.25) is 5.91 Å². The Kier molecular flexibility index (Phi) is 6.61. The summed E-state index contributed by atoms with van der Waals surface area (Å²) in [7, 11) is 0. The molecular weight excluding hydrogens is 436 g/mol. The molecule has 4 N–H and O–H groups in total. The predicted molar refractivity (Wildman–Crippen MR) is 112 cm³/mol. The molecule has 1 aromatic heterocycles. The van der Waals surface area contributed by atoms with Gasteiger partial charge in [0.1, 0.15) is 12.7 Å². The molecule has 0 aliphatic carbocycles. The molecule has 9 heteroatoms. The quantitative estimate of drug-likeness (QED) is 0.506. The lowest BCUT2D eigenvalue weighted by Gasteiger charge is -2.20. The summed E-state index contributed by atoms with van der Waals surface area (Å²) in [6.45, 7) is 1.90. The molecule has 0 bridgehead atoms. The van der Waals surface area contributed by atoms with Crippen LogP contribution in [0.3, 0.4) is 0 Å². The number of hydrogen-bond acceptors (Lipinski definition) is 4. The van der Waals surface area contributed by atoms with Crippen molar-refractivity contribution in [1.29, 1.82) is 0 Å². The van der Waals surface area contributed by atoms with E-state index in [1.54, 1.807) is 11.0 Å². The third-order valence-corrected chi connectivity index (χ3v) is 4.90. The number of carbonyl (C=O) groups excluding carboxylic acids is 2. The fourth-order valence-corrected chi connectivity index (χ4v) is 3.39. The van der Waals surface area contributed by atoms with Crippen LogP contribution in [0.2, 0.25) is 0 Å². The summed E-state index contributed by atoms with van der Waals surface area (Å²) >= 11 is 3.40. The molecule has 2 atom stereocenters. The second kappa shape index (κ2) is 9.33. The summed E-state index contributed by atoms with van der Waals surface area (Å²) in [5.41, 5.74) is 7.90. The smallest absolute Gasteiger partial charge is 0.312 e. The summed E-state index contributed by atoms with van der Waals surface area (Å²) in [6, 6.07) is 13.7. The summed E-state index contributed by atoms with van der Waals surface area (Å²) in [5, 5.41) is 9.68. The lowest BCUT2D eigenvalue weighted by atomic mass is 10.0. The van der Waals surface area contributed by atoms with E-state index < -0.39 is 12.1 Å². The molecule has 0 radical (unpaired) electrons. The Bertz CT molecular complexity index is 975. The Morgan fingerprint density at radius 1 is 1.14 bits per heavy atom. The molecule has 0 spiro atoms. The maximum Gasteiger partial charge on any atom is 0.312 e. The standard InChI is InChI=1S/C20H21BrN6O2/c1-13(14-5-7-17(8-6-14)27-12-23-11-24-27)25-19(28)10-18(26-20(22)29)15-3-2-4-16(21)9-15/h2-9,11-13,18H,10H2,1H3,(H,25,28)(H3,22,26,29)/t13-,18-/m1/s1. The Labute approximate surface area is 176 Å². The van der Waals surface area contributed by atoms with Crippen LogP contribution in [-0.4, -0.2) is 26.7 Å². The molecule has 150 valence electrons. The van der Waals surface area contributed by atoms with Crippen molar-refractivity contribution >= 4 is 27.9 Å². The van der Waals surface area contributed by atoms with Gasteiger partial charge < -0.3 is 16.4 Å². The number of nitrogens with two attached hydrogens (primary N) is 1. The zero-order chi connectivity index (χ0) is 20.8. The summed E-state index contributed by atoms with van der Waals surface area (Å²) in [6.07, 6.45) is 3.16. The van der Waals surface area contributed by atoms with Gasteiger partial charge in [0.25, 0.3) is 0 Å². The number of aromatic nitrogens is 3. The molecule has 3 rings (SSSR count). The maximum atomic E-state index is 12.6. The molecule has 8 nitrogen and oxygen atoms in total. The number of hydrogen-bond donors (Lipinski definition) is 3. The van der Waals surface area contributed by atoms with Crippen LogP contribution in [-0.2, 0) is 4.79 Å². The van der Waals surface area contributed by atoms with Gasteiger partial charge in [0.05, 0.1) is 24.2 Å². The number of halogens is 1. The van der Waals surface area contributed by atoms with Crippen molar-refractivity contribution in [1.82, 2.24) is 25.4 Å². The van der Waals surface area contributed by atoms with Gasteiger partial charge in [-0.2, -0.15) is 5.10 Å². The molecule has 29 heavy (non-hydrogen) atoms. The largest absolute Gasteiger partial charge is 0.352 e. The summed E-state index contributed by atoms with van der Waals surface area (Å²) < 4.78 is 2.51. The van der Waals surface area contributed by atoms with E-state index in [1.165, 1.54) is 6.33 Å². The minimum absolute atomic E-state index is 0.0702.